The van der Waals surface area contributed by atoms with E-state index in [9.17, 15) is 0 Å². The van der Waals surface area contributed by atoms with E-state index in [1.807, 2.05) is 0 Å². The number of nitrogens with one attached hydrogen (secondary N) is 1. The number of methoxy groups -OCH3 is 1. The molecule has 1 heterocycles. The molecule has 1 aromatic carbocycles. The summed E-state index contributed by atoms with van der Waals surface area (Å²) in [5.41, 5.74) is 2.64. The Morgan fingerprint density at radius 2 is 2.16 bits per heavy atom. The molecule has 0 saturated carbocycles. The van der Waals surface area contributed by atoms with Gasteiger partial charge in [-0.2, -0.15) is 0 Å². The van der Waals surface area contributed by atoms with E-state index in [-0.39, 0.29) is 0 Å². The zero-order valence-electron chi connectivity index (χ0n) is 12.6. The molecule has 0 bridgehead atoms. The van der Waals surface area contributed by atoms with Gasteiger partial charge in [0, 0.05) is 30.9 Å². The molecule has 1 unspecified atom stereocenters. The number of ether oxygens (including phenoxy) is 1. The molecular formula is C16H26N2O. The van der Waals surface area contributed by atoms with Crippen molar-refractivity contribution in [2.24, 2.45) is 0 Å². The van der Waals surface area contributed by atoms with Crippen molar-refractivity contribution in [3.63, 3.8) is 0 Å². The number of benzene rings is 1. The van der Waals surface area contributed by atoms with Gasteiger partial charge in [-0.05, 0) is 43.5 Å². The smallest absolute Gasteiger partial charge is 0.119 e. The van der Waals surface area contributed by atoms with Crippen molar-refractivity contribution >= 4 is 5.69 Å². The summed E-state index contributed by atoms with van der Waals surface area (Å²) in [5.74, 6) is 0.940. The van der Waals surface area contributed by atoms with Crippen molar-refractivity contribution in [3.05, 3.63) is 23.8 Å². The molecule has 1 atom stereocenters. The van der Waals surface area contributed by atoms with Crippen LogP contribution in [0.1, 0.15) is 32.3 Å². The van der Waals surface area contributed by atoms with Crippen LogP contribution in [0.15, 0.2) is 18.2 Å². The molecule has 3 heteroatoms. The summed E-state index contributed by atoms with van der Waals surface area (Å²) in [7, 11) is 1.72. The Bertz CT molecular complexity index is 417. The van der Waals surface area contributed by atoms with Crippen LogP contribution in [0.4, 0.5) is 5.69 Å². The van der Waals surface area contributed by atoms with Crippen molar-refractivity contribution in [2.45, 2.75) is 45.7 Å². The summed E-state index contributed by atoms with van der Waals surface area (Å²) in [5, 5.41) is 3.66. The van der Waals surface area contributed by atoms with Crippen LogP contribution in [-0.2, 0) is 0 Å². The Morgan fingerprint density at radius 3 is 2.79 bits per heavy atom. The van der Waals surface area contributed by atoms with Gasteiger partial charge < -0.3 is 15.0 Å². The molecule has 3 nitrogen and oxygen atoms in total. The third kappa shape index (κ3) is 3.63. The third-order valence-electron chi connectivity index (χ3n) is 3.74. The number of piperidine rings is 1. The number of aryl methyl sites for hydroxylation is 1. The molecule has 19 heavy (non-hydrogen) atoms. The first-order chi connectivity index (χ1) is 9.10. The molecule has 2 rings (SSSR count). The molecule has 0 amide bonds. The Morgan fingerprint density at radius 1 is 1.37 bits per heavy atom. The Kier molecular flexibility index (Phi) is 4.70. The monoisotopic (exact) mass is 262 g/mol. The molecule has 1 aromatic rings. The minimum absolute atomic E-state index is 0.557. The van der Waals surface area contributed by atoms with Gasteiger partial charge in [0.25, 0.3) is 0 Å². The van der Waals surface area contributed by atoms with Gasteiger partial charge in [0.15, 0.2) is 0 Å². The number of nitrogens with zero attached hydrogens (tertiary/aromatic N) is 1. The first-order valence-electron chi connectivity index (χ1n) is 7.26. The molecule has 1 aliphatic rings. The fourth-order valence-corrected chi connectivity index (χ4v) is 2.91. The lowest BCUT2D eigenvalue weighted by Gasteiger charge is -2.36. The van der Waals surface area contributed by atoms with E-state index in [2.05, 4.69) is 49.2 Å². The van der Waals surface area contributed by atoms with E-state index in [4.69, 9.17) is 4.74 Å². The molecule has 1 aliphatic heterocycles. The summed E-state index contributed by atoms with van der Waals surface area (Å²) in [6.07, 6.45) is 2.54. The molecule has 1 saturated heterocycles. The molecule has 106 valence electrons. The van der Waals surface area contributed by atoms with Crippen molar-refractivity contribution in [1.82, 2.24) is 5.32 Å². The standard InChI is InChI=1S/C16H26N2O/c1-12(2)17-14-6-5-9-18(11-14)16-8-7-15(19-4)10-13(16)3/h7-8,10,12,14,17H,5-6,9,11H2,1-4H3. The second kappa shape index (κ2) is 6.29. The lowest BCUT2D eigenvalue weighted by Crippen LogP contribution is -2.48. The fraction of sp³-hybridized carbons (Fsp3) is 0.625. The van der Waals surface area contributed by atoms with Gasteiger partial charge in [0.1, 0.15) is 5.75 Å². The van der Waals surface area contributed by atoms with Gasteiger partial charge in [0.2, 0.25) is 0 Å². The fourth-order valence-electron chi connectivity index (χ4n) is 2.91. The zero-order valence-corrected chi connectivity index (χ0v) is 12.6. The van der Waals surface area contributed by atoms with Crippen LogP contribution in [0.3, 0.4) is 0 Å². The van der Waals surface area contributed by atoms with Crippen molar-refractivity contribution in [1.29, 1.82) is 0 Å². The van der Waals surface area contributed by atoms with Crippen LogP contribution in [-0.4, -0.2) is 32.3 Å². The predicted octanol–water partition coefficient (Wildman–Crippen LogP) is 2.97. The lowest BCUT2D eigenvalue weighted by molar-refractivity contribution is 0.394. The first kappa shape index (κ1) is 14.2. The quantitative estimate of drug-likeness (QED) is 0.903. The van der Waals surface area contributed by atoms with Crippen LogP contribution in [0, 0.1) is 6.92 Å². The summed E-state index contributed by atoms with van der Waals surface area (Å²) in [4.78, 5) is 2.50. The molecule has 0 aliphatic carbocycles. The van der Waals surface area contributed by atoms with Crippen LogP contribution in [0.25, 0.3) is 0 Å². The molecule has 1 N–H and O–H groups in total. The number of hydrogen-bond acceptors (Lipinski definition) is 3. The van der Waals surface area contributed by atoms with Gasteiger partial charge in [0.05, 0.1) is 7.11 Å². The van der Waals surface area contributed by atoms with Crippen molar-refractivity contribution < 1.29 is 4.74 Å². The highest BCUT2D eigenvalue weighted by Crippen LogP contribution is 2.27. The summed E-state index contributed by atoms with van der Waals surface area (Å²) in [6, 6.07) is 7.53. The van der Waals surface area contributed by atoms with E-state index < -0.39 is 0 Å². The summed E-state index contributed by atoms with van der Waals surface area (Å²) in [6.45, 7) is 8.86. The lowest BCUT2D eigenvalue weighted by atomic mass is 10.0. The SMILES string of the molecule is COc1ccc(N2CCCC(NC(C)C)C2)c(C)c1. The molecule has 0 aromatic heterocycles. The molecule has 0 spiro atoms. The van der Waals surface area contributed by atoms with E-state index in [1.54, 1.807) is 7.11 Å². The van der Waals surface area contributed by atoms with Crippen LogP contribution >= 0.6 is 0 Å². The summed E-state index contributed by atoms with van der Waals surface area (Å²) < 4.78 is 5.28. The summed E-state index contributed by atoms with van der Waals surface area (Å²) >= 11 is 0. The van der Waals surface area contributed by atoms with E-state index in [1.165, 1.54) is 24.1 Å². The van der Waals surface area contributed by atoms with E-state index in [0.717, 1.165) is 18.8 Å². The van der Waals surface area contributed by atoms with Gasteiger partial charge >= 0.3 is 0 Å². The van der Waals surface area contributed by atoms with Gasteiger partial charge in [-0.15, -0.1) is 0 Å². The zero-order chi connectivity index (χ0) is 13.8. The normalized spacial score (nSPS) is 19.8. The van der Waals surface area contributed by atoms with E-state index >= 15 is 0 Å². The minimum Gasteiger partial charge on any atom is -0.497 e. The Hall–Kier alpha value is -1.22. The second-order valence-corrected chi connectivity index (χ2v) is 5.76. The molecule has 1 fully saturated rings. The van der Waals surface area contributed by atoms with Crippen molar-refractivity contribution in [2.75, 3.05) is 25.1 Å². The molecular weight excluding hydrogens is 236 g/mol. The van der Waals surface area contributed by atoms with Crippen molar-refractivity contribution in [3.8, 4) is 5.75 Å². The maximum absolute atomic E-state index is 5.28. The van der Waals surface area contributed by atoms with E-state index in [0.29, 0.717) is 12.1 Å². The highest BCUT2D eigenvalue weighted by molar-refractivity contribution is 5.56. The average molecular weight is 262 g/mol. The maximum Gasteiger partial charge on any atom is 0.119 e. The largest absolute Gasteiger partial charge is 0.497 e. The second-order valence-electron chi connectivity index (χ2n) is 5.76. The highest BCUT2D eigenvalue weighted by atomic mass is 16.5. The minimum atomic E-state index is 0.557. The third-order valence-corrected chi connectivity index (χ3v) is 3.74. The first-order valence-corrected chi connectivity index (χ1v) is 7.26. The highest BCUT2D eigenvalue weighted by Gasteiger charge is 2.21. The average Bonchev–Trinajstić information content (AvgIpc) is 2.38. The molecule has 0 radical (unpaired) electrons. The van der Waals surface area contributed by atoms with Crippen LogP contribution in [0.2, 0.25) is 0 Å². The Labute approximate surface area is 116 Å². The van der Waals surface area contributed by atoms with Gasteiger partial charge in [-0.3, -0.25) is 0 Å². The van der Waals surface area contributed by atoms with Crippen LogP contribution < -0.4 is 15.0 Å². The topological polar surface area (TPSA) is 24.5 Å². The number of anilines is 1. The number of hydrogen-bond donors (Lipinski definition) is 1. The van der Waals surface area contributed by atoms with Gasteiger partial charge in [-0.25, -0.2) is 0 Å². The van der Waals surface area contributed by atoms with Crippen LogP contribution in [0.5, 0.6) is 5.75 Å². The van der Waals surface area contributed by atoms with Gasteiger partial charge in [-0.1, -0.05) is 13.8 Å². The Balaban J connectivity index is 2.08. The predicted molar refractivity (Wildman–Crippen MR) is 81.2 cm³/mol. The maximum atomic E-state index is 5.28. The number of rotatable bonds is 4.